The summed E-state index contributed by atoms with van der Waals surface area (Å²) in [6.07, 6.45) is 3.50. The maximum Gasteiger partial charge on any atom is 0.226 e. The van der Waals surface area contributed by atoms with Crippen molar-refractivity contribution in [2.45, 2.75) is 13.3 Å². The maximum absolute atomic E-state index is 9.49. The first-order valence-corrected chi connectivity index (χ1v) is 2.41. The van der Waals surface area contributed by atoms with Gasteiger partial charge in [-0.05, 0) is 6.42 Å². The molecule has 0 bridgehead atoms. The van der Waals surface area contributed by atoms with Crippen molar-refractivity contribution >= 4 is 17.9 Å². The summed E-state index contributed by atoms with van der Waals surface area (Å²) in [6, 6.07) is 0. The van der Waals surface area contributed by atoms with Gasteiger partial charge < -0.3 is 0 Å². The molecule has 0 saturated carbocycles. The van der Waals surface area contributed by atoms with Gasteiger partial charge >= 0.3 is 0 Å². The molecule has 0 aliphatic heterocycles. The van der Waals surface area contributed by atoms with E-state index in [0.29, 0.717) is 11.5 Å². The van der Waals surface area contributed by atoms with Crippen molar-refractivity contribution < 1.29 is 4.79 Å². The number of halogens is 1. The van der Waals surface area contributed by atoms with Crippen LogP contribution < -0.4 is 0 Å². The Kier molecular flexibility index (Phi) is 3.71. The quantitative estimate of drug-likeness (QED) is 0.503. The second-order valence-corrected chi connectivity index (χ2v) is 1.55. The van der Waals surface area contributed by atoms with Crippen molar-refractivity contribution in [1.82, 2.24) is 0 Å². The predicted molar refractivity (Wildman–Crippen MR) is 29.9 cm³/mol. The highest BCUT2D eigenvalue weighted by atomic mass is 35.5. The molecule has 0 aromatic heterocycles. The Morgan fingerprint density at radius 3 is 2.71 bits per heavy atom. The van der Waals surface area contributed by atoms with Gasteiger partial charge in [0.1, 0.15) is 0 Å². The first-order chi connectivity index (χ1) is 3.31. The minimum atomic E-state index is 0.551. The second-order valence-electron chi connectivity index (χ2n) is 1.06. The molecule has 0 atom stereocenters. The standard InChI is InChI=1S/C5H6ClO/c1-2-5(6)3-4-7/h3H,2H2,1H3. The van der Waals surface area contributed by atoms with E-state index in [4.69, 9.17) is 11.6 Å². The number of hydrogen-bond acceptors (Lipinski definition) is 1. The van der Waals surface area contributed by atoms with Crippen LogP contribution in [0.15, 0.2) is 11.1 Å². The third kappa shape index (κ3) is 3.53. The molecule has 0 fully saturated rings. The second kappa shape index (κ2) is 3.88. The summed E-state index contributed by atoms with van der Waals surface area (Å²) in [5.74, 6) is 0. The van der Waals surface area contributed by atoms with E-state index in [1.165, 1.54) is 6.08 Å². The Balaban J connectivity index is 3.49. The van der Waals surface area contributed by atoms with Gasteiger partial charge in [-0.1, -0.05) is 18.5 Å². The molecule has 0 amide bonds. The smallest absolute Gasteiger partial charge is 0.226 e. The van der Waals surface area contributed by atoms with Crippen LogP contribution in [-0.2, 0) is 4.79 Å². The lowest BCUT2D eigenvalue weighted by Gasteiger charge is -1.80. The van der Waals surface area contributed by atoms with Crippen LogP contribution in [0.3, 0.4) is 0 Å². The lowest BCUT2D eigenvalue weighted by atomic mass is 10.4. The highest BCUT2D eigenvalue weighted by Crippen LogP contribution is 2.02. The summed E-state index contributed by atoms with van der Waals surface area (Å²) in [5.41, 5.74) is 0. The SMILES string of the molecule is CCC(Cl)=C[C]=O. The van der Waals surface area contributed by atoms with Crippen LogP contribution >= 0.6 is 11.6 Å². The zero-order valence-electron chi connectivity index (χ0n) is 4.07. The Morgan fingerprint density at radius 1 is 2.00 bits per heavy atom. The summed E-state index contributed by atoms with van der Waals surface area (Å²) >= 11 is 5.36. The minimum absolute atomic E-state index is 0.551. The molecule has 2 heteroatoms. The molecule has 0 rings (SSSR count). The topological polar surface area (TPSA) is 17.1 Å². The Morgan fingerprint density at radius 2 is 2.57 bits per heavy atom. The fraction of sp³-hybridized carbons (Fsp3) is 0.400. The Labute approximate surface area is 48.0 Å². The van der Waals surface area contributed by atoms with E-state index in [1.54, 1.807) is 6.29 Å². The maximum atomic E-state index is 9.49. The highest BCUT2D eigenvalue weighted by molar-refractivity contribution is 6.30. The van der Waals surface area contributed by atoms with E-state index in [-0.39, 0.29) is 0 Å². The molecule has 7 heavy (non-hydrogen) atoms. The lowest BCUT2D eigenvalue weighted by molar-refractivity contribution is 0.564. The van der Waals surface area contributed by atoms with Crippen LogP contribution in [0.5, 0.6) is 0 Å². The molecular weight excluding hydrogens is 112 g/mol. The van der Waals surface area contributed by atoms with Gasteiger partial charge in [-0.25, -0.2) is 0 Å². The van der Waals surface area contributed by atoms with Gasteiger partial charge in [0, 0.05) is 11.1 Å². The summed E-state index contributed by atoms with van der Waals surface area (Å²) in [6.45, 7) is 1.87. The van der Waals surface area contributed by atoms with Gasteiger partial charge in [-0.2, -0.15) is 0 Å². The summed E-state index contributed by atoms with van der Waals surface area (Å²) in [4.78, 5) is 9.49. The molecule has 39 valence electrons. The molecule has 0 aromatic carbocycles. The van der Waals surface area contributed by atoms with Crippen molar-refractivity contribution in [3.63, 3.8) is 0 Å². The third-order valence-electron chi connectivity index (χ3n) is 0.553. The Hall–Kier alpha value is -0.300. The van der Waals surface area contributed by atoms with E-state index in [0.717, 1.165) is 0 Å². The normalized spacial score (nSPS) is 11.4. The van der Waals surface area contributed by atoms with Gasteiger partial charge in [0.2, 0.25) is 6.29 Å². The summed E-state index contributed by atoms with van der Waals surface area (Å²) in [7, 11) is 0. The number of hydrogen-bond donors (Lipinski definition) is 0. The van der Waals surface area contributed by atoms with Crippen LogP contribution in [0.25, 0.3) is 0 Å². The highest BCUT2D eigenvalue weighted by Gasteiger charge is 1.81. The van der Waals surface area contributed by atoms with Crippen LogP contribution in [0, 0.1) is 0 Å². The number of allylic oxidation sites excluding steroid dienone is 2. The van der Waals surface area contributed by atoms with Gasteiger partial charge in [-0.15, -0.1) is 0 Å². The van der Waals surface area contributed by atoms with E-state index >= 15 is 0 Å². The zero-order chi connectivity index (χ0) is 5.70. The first-order valence-electron chi connectivity index (χ1n) is 2.03. The third-order valence-corrected chi connectivity index (χ3v) is 0.930. The summed E-state index contributed by atoms with van der Waals surface area (Å²) in [5, 5.41) is 0.551. The molecule has 0 spiro atoms. The van der Waals surface area contributed by atoms with Crippen LogP contribution in [0.2, 0.25) is 0 Å². The average molecular weight is 118 g/mol. The molecule has 0 aromatic rings. The van der Waals surface area contributed by atoms with Crippen LogP contribution in [-0.4, -0.2) is 6.29 Å². The minimum Gasteiger partial charge on any atom is -0.286 e. The molecule has 0 aliphatic rings. The van der Waals surface area contributed by atoms with Crippen LogP contribution in [0.1, 0.15) is 13.3 Å². The molecular formula is C5H6ClO. The monoisotopic (exact) mass is 117 g/mol. The van der Waals surface area contributed by atoms with Crippen LogP contribution in [0.4, 0.5) is 0 Å². The van der Waals surface area contributed by atoms with E-state index in [9.17, 15) is 4.79 Å². The van der Waals surface area contributed by atoms with Crippen molar-refractivity contribution in [2.24, 2.45) is 0 Å². The van der Waals surface area contributed by atoms with Gasteiger partial charge in [0.15, 0.2) is 0 Å². The predicted octanol–water partition coefficient (Wildman–Crippen LogP) is 1.63. The molecule has 1 nitrogen and oxygen atoms in total. The van der Waals surface area contributed by atoms with Gasteiger partial charge in [-0.3, -0.25) is 4.79 Å². The average Bonchev–Trinajstić information content (AvgIpc) is 1.68. The van der Waals surface area contributed by atoms with E-state index < -0.39 is 0 Å². The van der Waals surface area contributed by atoms with E-state index in [2.05, 4.69) is 0 Å². The molecule has 0 heterocycles. The molecule has 1 radical (unpaired) electrons. The Bertz CT molecular complexity index is 86.1. The fourth-order valence-corrected chi connectivity index (χ4v) is 0.211. The van der Waals surface area contributed by atoms with Gasteiger partial charge in [0.05, 0.1) is 0 Å². The first kappa shape index (κ1) is 6.70. The molecule has 0 aliphatic carbocycles. The molecule has 0 saturated heterocycles. The number of carbonyl (C=O) groups excluding carboxylic acids is 1. The molecule has 0 N–H and O–H groups in total. The summed E-state index contributed by atoms with van der Waals surface area (Å²) < 4.78 is 0. The van der Waals surface area contributed by atoms with Crippen molar-refractivity contribution in [3.05, 3.63) is 11.1 Å². The zero-order valence-corrected chi connectivity index (χ0v) is 4.83. The lowest BCUT2D eigenvalue weighted by Crippen LogP contribution is -1.65. The van der Waals surface area contributed by atoms with E-state index in [1.807, 2.05) is 6.92 Å². The van der Waals surface area contributed by atoms with Gasteiger partial charge in [0.25, 0.3) is 0 Å². The van der Waals surface area contributed by atoms with Crippen molar-refractivity contribution in [2.75, 3.05) is 0 Å². The fourth-order valence-electron chi connectivity index (χ4n) is 0.166. The number of rotatable bonds is 2. The largest absolute Gasteiger partial charge is 0.286 e. The van der Waals surface area contributed by atoms with Crippen molar-refractivity contribution in [1.29, 1.82) is 0 Å². The molecule has 0 unspecified atom stereocenters. The van der Waals surface area contributed by atoms with Crippen molar-refractivity contribution in [3.8, 4) is 0 Å².